The number of unbranched alkanes of at least 4 members (excludes halogenated alkanes) is 25. The lowest BCUT2D eigenvalue weighted by Gasteiger charge is -2.10. The molecule has 4 heteroatoms. The Bertz CT molecular complexity index is 861. The van der Waals surface area contributed by atoms with Gasteiger partial charge in [-0.2, -0.15) is 0 Å². The molecule has 0 atom stereocenters. The van der Waals surface area contributed by atoms with Crippen molar-refractivity contribution in [2.75, 3.05) is 13.2 Å². The zero-order valence-electron chi connectivity index (χ0n) is 30.3. The van der Waals surface area contributed by atoms with E-state index in [4.69, 9.17) is 9.47 Å². The SMILES string of the molecule is CCCCCCCCC=CCCCCCCCCOC(=O)c1ccccc1C(=O)OCCCCCCCCCCCCCCCC. The fourth-order valence-corrected chi connectivity index (χ4v) is 5.97. The van der Waals surface area contributed by atoms with E-state index in [2.05, 4.69) is 26.0 Å². The summed E-state index contributed by atoms with van der Waals surface area (Å²) in [7, 11) is 0. The molecule has 0 aliphatic heterocycles. The van der Waals surface area contributed by atoms with Crippen LogP contribution in [0.1, 0.15) is 214 Å². The summed E-state index contributed by atoms with van der Waals surface area (Å²) < 4.78 is 11.0. The van der Waals surface area contributed by atoms with Gasteiger partial charge in [0.2, 0.25) is 0 Å². The fourth-order valence-electron chi connectivity index (χ4n) is 5.97. The summed E-state index contributed by atoms with van der Waals surface area (Å²) >= 11 is 0. The van der Waals surface area contributed by atoms with Crippen LogP contribution in [0.15, 0.2) is 36.4 Å². The molecule has 0 spiro atoms. The molecule has 264 valence electrons. The van der Waals surface area contributed by atoms with Crippen molar-refractivity contribution >= 4 is 11.9 Å². The number of hydrogen-bond acceptors (Lipinski definition) is 4. The second kappa shape index (κ2) is 32.8. The molecule has 0 aliphatic carbocycles. The molecule has 0 aliphatic rings. The summed E-state index contributed by atoms with van der Waals surface area (Å²) in [5, 5.41) is 0. The quantitative estimate of drug-likeness (QED) is 0.0436. The molecule has 1 rings (SSSR count). The predicted molar refractivity (Wildman–Crippen MR) is 197 cm³/mol. The van der Waals surface area contributed by atoms with Crippen LogP contribution in [-0.2, 0) is 9.47 Å². The van der Waals surface area contributed by atoms with Crippen molar-refractivity contribution in [1.29, 1.82) is 0 Å². The summed E-state index contributed by atoms with van der Waals surface area (Å²) in [5.41, 5.74) is 0.608. The van der Waals surface area contributed by atoms with Crippen LogP contribution < -0.4 is 0 Å². The molecule has 0 heterocycles. The molecule has 0 aromatic heterocycles. The van der Waals surface area contributed by atoms with Crippen molar-refractivity contribution in [2.45, 2.75) is 194 Å². The van der Waals surface area contributed by atoms with Crippen LogP contribution in [0.3, 0.4) is 0 Å². The molecule has 0 bridgehead atoms. The van der Waals surface area contributed by atoms with Crippen LogP contribution in [0.4, 0.5) is 0 Å². The Hall–Kier alpha value is -2.10. The van der Waals surface area contributed by atoms with Crippen LogP contribution in [-0.4, -0.2) is 25.2 Å². The number of ether oxygens (including phenoxy) is 2. The lowest BCUT2D eigenvalue weighted by atomic mass is 10.0. The van der Waals surface area contributed by atoms with E-state index >= 15 is 0 Å². The number of carbonyl (C=O) groups excluding carboxylic acids is 2. The second-order valence-corrected chi connectivity index (χ2v) is 13.4. The molecular weight excluding hydrogens is 568 g/mol. The van der Waals surface area contributed by atoms with E-state index < -0.39 is 11.9 Å². The lowest BCUT2D eigenvalue weighted by molar-refractivity contribution is 0.0450. The maximum atomic E-state index is 12.7. The molecule has 1 aromatic rings. The van der Waals surface area contributed by atoms with E-state index in [9.17, 15) is 9.59 Å². The zero-order valence-corrected chi connectivity index (χ0v) is 30.3. The van der Waals surface area contributed by atoms with Crippen molar-refractivity contribution in [3.63, 3.8) is 0 Å². The molecule has 0 saturated carbocycles. The van der Waals surface area contributed by atoms with Gasteiger partial charge in [0.15, 0.2) is 0 Å². The fraction of sp³-hybridized carbons (Fsp3) is 0.762. The lowest BCUT2D eigenvalue weighted by Crippen LogP contribution is -2.15. The van der Waals surface area contributed by atoms with E-state index in [0.29, 0.717) is 24.3 Å². The van der Waals surface area contributed by atoms with Crippen LogP contribution in [0.25, 0.3) is 0 Å². The highest BCUT2D eigenvalue weighted by atomic mass is 16.5. The van der Waals surface area contributed by atoms with Crippen LogP contribution in [0.2, 0.25) is 0 Å². The first-order valence-corrected chi connectivity index (χ1v) is 19.8. The van der Waals surface area contributed by atoms with Crippen molar-refractivity contribution < 1.29 is 19.1 Å². The Kier molecular flexibility index (Phi) is 29.9. The monoisotopic (exact) mass is 641 g/mol. The van der Waals surface area contributed by atoms with Gasteiger partial charge in [0, 0.05) is 0 Å². The molecule has 0 unspecified atom stereocenters. The highest BCUT2D eigenvalue weighted by Gasteiger charge is 2.18. The van der Waals surface area contributed by atoms with Gasteiger partial charge < -0.3 is 9.47 Å². The molecule has 0 N–H and O–H groups in total. The van der Waals surface area contributed by atoms with Gasteiger partial charge in [-0.05, 0) is 50.7 Å². The van der Waals surface area contributed by atoms with Gasteiger partial charge in [0.05, 0.1) is 24.3 Å². The summed E-state index contributed by atoms with van der Waals surface area (Å²) in [6, 6.07) is 6.86. The normalized spacial score (nSPS) is 11.3. The minimum Gasteiger partial charge on any atom is -0.462 e. The van der Waals surface area contributed by atoms with Gasteiger partial charge >= 0.3 is 11.9 Å². The Labute approximate surface area is 284 Å². The number of hydrogen-bond donors (Lipinski definition) is 0. The maximum absolute atomic E-state index is 12.7. The van der Waals surface area contributed by atoms with E-state index in [1.54, 1.807) is 24.3 Å². The summed E-state index contributed by atoms with van der Waals surface area (Å²) in [6.45, 7) is 5.33. The highest BCUT2D eigenvalue weighted by molar-refractivity contribution is 6.03. The first kappa shape index (κ1) is 41.9. The van der Waals surface area contributed by atoms with Crippen LogP contribution in [0.5, 0.6) is 0 Å². The Balaban J connectivity index is 2.03. The number of benzene rings is 1. The van der Waals surface area contributed by atoms with E-state index in [-0.39, 0.29) is 0 Å². The van der Waals surface area contributed by atoms with Gasteiger partial charge in [-0.3, -0.25) is 0 Å². The third-order valence-corrected chi connectivity index (χ3v) is 8.99. The minimum absolute atomic E-state index is 0.304. The largest absolute Gasteiger partial charge is 0.462 e. The van der Waals surface area contributed by atoms with E-state index in [1.807, 2.05) is 0 Å². The molecule has 0 radical (unpaired) electrons. The number of esters is 2. The molecule has 46 heavy (non-hydrogen) atoms. The number of carbonyl (C=O) groups is 2. The van der Waals surface area contributed by atoms with Crippen molar-refractivity contribution in [1.82, 2.24) is 0 Å². The predicted octanol–water partition coefficient (Wildman–Crippen LogP) is 13.5. The Morgan fingerprint density at radius 2 is 0.717 bits per heavy atom. The average molecular weight is 641 g/mol. The number of rotatable bonds is 33. The van der Waals surface area contributed by atoms with Gasteiger partial charge in [-0.1, -0.05) is 179 Å². The van der Waals surface area contributed by atoms with Crippen molar-refractivity contribution in [3.8, 4) is 0 Å². The van der Waals surface area contributed by atoms with Gasteiger partial charge in [0.25, 0.3) is 0 Å². The van der Waals surface area contributed by atoms with E-state index in [0.717, 1.165) is 25.7 Å². The standard InChI is InChI=1S/C42H72O4/c1-3-5-7-9-11-13-15-17-19-20-22-24-26-28-30-34-38-46-42(44)40-36-32-31-35-39(40)41(43)45-37-33-29-27-25-23-21-18-16-14-12-10-8-6-4-2/h17,19,31-32,35-36H,3-16,18,20-30,33-34,37-38H2,1-2H3. The Morgan fingerprint density at radius 3 is 1.04 bits per heavy atom. The molecule has 0 amide bonds. The molecule has 0 fully saturated rings. The van der Waals surface area contributed by atoms with E-state index in [1.165, 1.54) is 154 Å². The van der Waals surface area contributed by atoms with Gasteiger partial charge in [-0.25, -0.2) is 9.59 Å². The minimum atomic E-state index is -0.434. The van der Waals surface area contributed by atoms with Gasteiger partial charge in [-0.15, -0.1) is 0 Å². The Morgan fingerprint density at radius 1 is 0.435 bits per heavy atom. The summed E-state index contributed by atoms with van der Waals surface area (Å²) in [4.78, 5) is 25.4. The van der Waals surface area contributed by atoms with Crippen molar-refractivity contribution in [3.05, 3.63) is 47.5 Å². The smallest absolute Gasteiger partial charge is 0.339 e. The summed E-state index contributed by atoms with van der Waals surface area (Å²) in [5.74, 6) is -0.865. The third kappa shape index (κ3) is 25.0. The molecule has 4 nitrogen and oxygen atoms in total. The van der Waals surface area contributed by atoms with Gasteiger partial charge in [0.1, 0.15) is 0 Å². The maximum Gasteiger partial charge on any atom is 0.339 e. The second-order valence-electron chi connectivity index (χ2n) is 13.4. The first-order chi connectivity index (χ1) is 22.7. The first-order valence-electron chi connectivity index (χ1n) is 19.8. The van der Waals surface area contributed by atoms with Crippen LogP contribution >= 0.6 is 0 Å². The summed E-state index contributed by atoms with van der Waals surface area (Å²) in [6.07, 6.45) is 40.3. The number of allylic oxidation sites excluding steroid dienone is 2. The topological polar surface area (TPSA) is 52.6 Å². The average Bonchev–Trinajstić information content (AvgIpc) is 3.07. The molecule has 1 aromatic carbocycles. The highest BCUT2D eigenvalue weighted by Crippen LogP contribution is 2.16. The van der Waals surface area contributed by atoms with Crippen molar-refractivity contribution in [2.24, 2.45) is 0 Å². The zero-order chi connectivity index (χ0) is 33.2. The molecular formula is C42H72O4. The van der Waals surface area contributed by atoms with Crippen LogP contribution in [0, 0.1) is 0 Å². The molecule has 0 saturated heterocycles. The third-order valence-electron chi connectivity index (χ3n) is 8.99.